The van der Waals surface area contributed by atoms with Crippen LogP contribution in [0.25, 0.3) is 5.65 Å². The second kappa shape index (κ2) is 4.76. The van der Waals surface area contributed by atoms with E-state index in [2.05, 4.69) is 25.5 Å². The smallest absolute Gasteiger partial charge is 0.317 e. The third kappa shape index (κ3) is 2.45. The molecule has 1 aliphatic heterocycles. The van der Waals surface area contributed by atoms with Crippen molar-refractivity contribution in [3.05, 3.63) is 12.1 Å². The maximum absolute atomic E-state index is 10.6. The van der Waals surface area contributed by atoms with E-state index in [-0.39, 0.29) is 6.54 Å². The van der Waals surface area contributed by atoms with Crippen molar-refractivity contribution in [1.29, 1.82) is 0 Å². The fraction of sp³-hybridized carbons (Fsp3) is 0.500. The molecule has 3 rings (SSSR count). The number of aromatic nitrogens is 5. The minimum atomic E-state index is -0.790. The number of hydrogen-bond donors (Lipinski definition) is 1. The van der Waals surface area contributed by atoms with Crippen molar-refractivity contribution in [2.24, 2.45) is 0 Å². The monoisotopic (exact) mass is 263 g/mol. The Hall–Kier alpha value is -2.29. The molecule has 1 saturated heterocycles. The van der Waals surface area contributed by atoms with Gasteiger partial charge in [-0.2, -0.15) is 0 Å². The maximum Gasteiger partial charge on any atom is 0.317 e. The largest absolute Gasteiger partial charge is 0.480 e. The van der Waals surface area contributed by atoms with Crippen molar-refractivity contribution in [3.63, 3.8) is 0 Å². The molecule has 19 heavy (non-hydrogen) atoms. The number of anilines is 1. The van der Waals surface area contributed by atoms with E-state index >= 15 is 0 Å². The van der Waals surface area contributed by atoms with E-state index in [0.29, 0.717) is 18.7 Å². The Morgan fingerprint density at radius 2 is 2.05 bits per heavy atom. The van der Waals surface area contributed by atoms with Gasteiger partial charge < -0.3 is 10.0 Å². The van der Waals surface area contributed by atoms with E-state index < -0.39 is 5.97 Å². The van der Waals surface area contributed by atoms with Crippen LogP contribution in [-0.2, 0) is 4.79 Å². The van der Waals surface area contributed by atoms with Gasteiger partial charge in [0.25, 0.3) is 0 Å². The van der Waals surface area contributed by atoms with Gasteiger partial charge in [-0.25, -0.2) is 0 Å². The van der Waals surface area contributed by atoms with Gasteiger partial charge in [0.2, 0.25) is 0 Å². The molecule has 2 aromatic rings. The molecule has 0 aliphatic carbocycles. The van der Waals surface area contributed by atoms with Crippen LogP contribution in [0.2, 0.25) is 0 Å². The standard InChI is InChI=1S/C10H13N7O2/c18-10(19)7-15-3-5-16(6-4-15)9-2-1-8-11-13-14-17(8)12-9/h1-2H,3-7H2,(H,18,19). The lowest BCUT2D eigenvalue weighted by atomic mass is 10.3. The van der Waals surface area contributed by atoms with Gasteiger partial charge >= 0.3 is 5.97 Å². The minimum absolute atomic E-state index is 0.0906. The summed E-state index contributed by atoms with van der Waals surface area (Å²) in [5.41, 5.74) is 0.605. The minimum Gasteiger partial charge on any atom is -0.480 e. The molecule has 0 aromatic carbocycles. The van der Waals surface area contributed by atoms with Crippen LogP contribution < -0.4 is 4.90 Å². The summed E-state index contributed by atoms with van der Waals surface area (Å²) in [5.74, 6) is 0.0106. The van der Waals surface area contributed by atoms with Crippen LogP contribution in [0.15, 0.2) is 12.1 Å². The molecule has 0 unspecified atom stereocenters. The predicted molar refractivity (Wildman–Crippen MR) is 64.9 cm³/mol. The van der Waals surface area contributed by atoms with Crippen molar-refractivity contribution >= 4 is 17.4 Å². The van der Waals surface area contributed by atoms with Crippen molar-refractivity contribution < 1.29 is 9.90 Å². The maximum atomic E-state index is 10.6. The summed E-state index contributed by atoms with van der Waals surface area (Å²) >= 11 is 0. The van der Waals surface area contributed by atoms with Crippen molar-refractivity contribution in [1.82, 2.24) is 30.2 Å². The second-order valence-electron chi connectivity index (χ2n) is 4.37. The first-order valence-corrected chi connectivity index (χ1v) is 5.97. The first-order valence-electron chi connectivity index (χ1n) is 5.97. The van der Waals surface area contributed by atoms with Crippen molar-refractivity contribution in [3.8, 4) is 0 Å². The van der Waals surface area contributed by atoms with Gasteiger partial charge in [0.15, 0.2) is 11.5 Å². The summed E-state index contributed by atoms with van der Waals surface area (Å²) in [5, 5.41) is 24.2. The molecule has 100 valence electrons. The van der Waals surface area contributed by atoms with Crippen LogP contribution in [0.3, 0.4) is 0 Å². The molecule has 0 radical (unpaired) electrons. The Kier molecular flexibility index (Phi) is 2.95. The number of carboxylic acid groups (broad SMARTS) is 1. The first-order chi connectivity index (χ1) is 9.22. The first kappa shape index (κ1) is 11.8. The Morgan fingerprint density at radius 3 is 2.79 bits per heavy atom. The highest BCUT2D eigenvalue weighted by molar-refractivity contribution is 5.69. The zero-order valence-corrected chi connectivity index (χ0v) is 10.2. The highest BCUT2D eigenvalue weighted by atomic mass is 16.4. The number of fused-ring (bicyclic) bond motifs is 1. The van der Waals surface area contributed by atoms with E-state index in [1.165, 1.54) is 4.63 Å². The van der Waals surface area contributed by atoms with E-state index in [1.54, 1.807) is 0 Å². The molecule has 9 nitrogen and oxygen atoms in total. The number of hydrogen-bond acceptors (Lipinski definition) is 7. The van der Waals surface area contributed by atoms with Crippen LogP contribution in [0, 0.1) is 0 Å². The zero-order chi connectivity index (χ0) is 13.2. The van der Waals surface area contributed by atoms with E-state index in [9.17, 15) is 4.79 Å². The molecular formula is C10H13N7O2. The fourth-order valence-corrected chi connectivity index (χ4v) is 2.14. The molecule has 0 saturated carbocycles. The van der Waals surface area contributed by atoms with E-state index in [1.807, 2.05) is 17.0 Å². The molecule has 1 N–H and O–H groups in total. The highest BCUT2D eigenvalue weighted by Crippen LogP contribution is 2.13. The quantitative estimate of drug-likeness (QED) is 0.731. The summed E-state index contributed by atoms with van der Waals surface area (Å²) in [6.45, 7) is 3.00. The Labute approximate surface area is 108 Å². The third-order valence-electron chi connectivity index (χ3n) is 3.11. The molecule has 0 spiro atoms. The lowest BCUT2D eigenvalue weighted by molar-refractivity contribution is -0.138. The SMILES string of the molecule is O=C(O)CN1CCN(c2ccc3nnnn3n2)CC1. The van der Waals surface area contributed by atoms with Crippen LogP contribution in [0.4, 0.5) is 5.82 Å². The van der Waals surface area contributed by atoms with Gasteiger partial charge in [-0.1, -0.05) is 0 Å². The zero-order valence-electron chi connectivity index (χ0n) is 10.2. The molecule has 9 heteroatoms. The molecule has 0 bridgehead atoms. The van der Waals surface area contributed by atoms with Gasteiger partial charge in [0, 0.05) is 26.2 Å². The van der Waals surface area contributed by atoms with Gasteiger partial charge in [-0.05, 0) is 22.6 Å². The number of tetrazole rings is 1. The Morgan fingerprint density at radius 1 is 1.26 bits per heavy atom. The Bertz CT molecular complexity index is 590. The number of carbonyl (C=O) groups is 1. The van der Waals surface area contributed by atoms with Crippen LogP contribution in [0.5, 0.6) is 0 Å². The third-order valence-corrected chi connectivity index (χ3v) is 3.11. The highest BCUT2D eigenvalue weighted by Gasteiger charge is 2.20. The molecule has 0 atom stereocenters. The summed E-state index contributed by atoms with van der Waals surface area (Å²) < 4.78 is 1.39. The summed E-state index contributed by atoms with van der Waals surface area (Å²) in [6.07, 6.45) is 0. The van der Waals surface area contributed by atoms with Crippen LogP contribution in [-0.4, -0.2) is 74.0 Å². The fourth-order valence-electron chi connectivity index (χ4n) is 2.14. The molecule has 2 aromatic heterocycles. The molecule has 1 aliphatic rings. The number of carboxylic acids is 1. The molecular weight excluding hydrogens is 250 g/mol. The van der Waals surface area contributed by atoms with Crippen molar-refractivity contribution in [2.75, 3.05) is 37.6 Å². The summed E-state index contributed by atoms with van der Waals surface area (Å²) in [4.78, 5) is 14.7. The number of rotatable bonds is 3. The number of piperazine rings is 1. The summed E-state index contributed by atoms with van der Waals surface area (Å²) in [6, 6.07) is 3.69. The molecule has 3 heterocycles. The van der Waals surface area contributed by atoms with Crippen LogP contribution >= 0.6 is 0 Å². The van der Waals surface area contributed by atoms with E-state index in [0.717, 1.165) is 18.9 Å². The molecule has 0 amide bonds. The Balaban J connectivity index is 1.69. The molecule has 1 fully saturated rings. The normalized spacial score (nSPS) is 16.9. The van der Waals surface area contributed by atoms with Crippen molar-refractivity contribution in [2.45, 2.75) is 0 Å². The van der Waals surface area contributed by atoms with Gasteiger partial charge in [0.05, 0.1) is 6.54 Å². The lowest BCUT2D eigenvalue weighted by Gasteiger charge is -2.34. The average Bonchev–Trinajstić information content (AvgIpc) is 2.86. The lowest BCUT2D eigenvalue weighted by Crippen LogP contribution is -2.48. The summed E-state index contributed by atoms with van der Waals surface area (Å²) in [7, 11) is 0. The topological polar surface area (TPSA) is 99.8 Å². The van der Waals surface area contributed by atoms with Gasteiger partial charge in [0.1, 0.15) is 0 Å². The van der Waals surface area contributed by atoms with E-state index in [4.69, 9.17) is 5.11 Å². The average molecular weight is 263 g/mol. The van der Waals surface area contributed by atoms with Gasteiger partial charge in [-0.15, -0.1) is 14.8 Å². The van der Waals surface area contributed by atoms with Crippen LogP contribution in [0.1, 0.15) is 0 Å². The second-order valence-corrected chi connectivity index (χ2v) is 4.37. The number of aliphatic carboxylic acids is 1. The predicted octanol–water partition coefficient (Wildman–Crippen LogP) is -1.27. The number of nitrogens with zero attached hydrogens (tertiary/aromatic N) is 7. The van der Waals surface area contributed by atoms with Gasteiger partial charge in [-0.3, -0.25) is 9.69 Å².